The number of hydrogen-bond acceptors (Lipinski definition) is 9. The fraction of sp³-hybridized carbons (Fsp3) is 0. The summed E-state index contributed by atoms with van der Waals surface area (Å²) >= 11 is 0. The zero-order valence-electron chi connectivity index (χ0n) is 34.1. The van der Waals surface area contributed by atoms with Gasteiger partial charge in [0.1, 0.15) is 0 Å². The van der Waals surface area contributed by atoms with Crippen LogP contribution in [0.25, 0.3) is 122 Å². The molecule has 0 fully saturated rings. The highest BCUT2D eigenvalue weighted by atomic mass is 15.0. The third-order valence-electron chi connectivity index (χ3n) is 11.6. The molecule has 0 bridgehead atoms. The first-order valence-corrected chi connectivity index (χ1v) is 20.9. The average molecular weight is 820 g/mol. The van der Waals surface area contributed by atoms with Crippen LogP contribution in [-0.4, -0.2) is 44.9 Å². The Morgan fingerprint density at radius 3 is 1.08 bits per heavy atom. The van der Waals surface area contributed by atoms with Crippen molar-refractivity contribution in [3.8, 4) is 78.7 Å². The molecule has 7 aromatic heterocycles. The van der Waals surface area contributed by atoms with Crippen LogP contribution >= 0.6 is 0 Å². The van der Waals surface area contributed by atoms with Gasteiger partial charge >= 0.3 is 0 Å². The summed E-state index contributed by atoms with van der Waals surface area (Å²) in [6, 6.07) is 51.8. The molecule has 9 heteroatoms. The minimum Gasteiger partial charge on any atom is -0.264 e. The van der Waals surface area contributed by atoms with E-state index in [1.807, 2.05) is 73.6 Å². The van der Waals surface area contributed by atoms with Crippen molar-refractivity contribution in [3.63, 3.8) is 0 Å². The summed E-state index contributed by atoms with van der Waals surface area (Å²) < 4.78 is 0. The Morgan fingerprint density at radius 2 is 0.641 bits per heavy atom. The molecular weight excluding hydrogens is 787 g/mol. The average Bonchev–Trinajstić information content (AvgIpc) is 3.38. The van der Waals surface area contributed by atoms with Crippen molar-refractivity contribution < 1.29 is 0 Å². The summed E-state index contributed by atoms with van der Waals surface area (Å²) in [4.78, 5) is 43.6. The van der Waals surface area contributed by atoms with Crippen LogP contribution in [0.1, 0.15) is 0 Å². The van der Waals surface area contributed by atoms with Crippen LogP contribution in [-0.2, 0) is 0 Å². The molecule has 0 amide bonds. The van der Waals surface area contributed by atoms with Crippen molar-refractivity contribution in [3.05, 3.63) is 201 Å². The number of fused-ring (bicyclic) bond motifs is 6. The zero-order chi connectivity index (χ0) is 42.4. The molecule has 12 rings (SSSR count). The third kappa shape index (κ3) is 6.65. The second kappa shape index (κ2) is 15.5. The van der Waals surface area contributed by atoms with E-state index in [9.17, 15) is 0 Å². The van der Waals surface area contributed by atoms with Crippen LogP contribution < -0.4 is 0 Å². The van der Waals surface area contributed by atoms with Gasteiger partial charge in [0.25, 0.3) is 0 Å². The Morgan fingerprint density at radius 1 is 0.266 bits per heavy atom. The first-order chi connectivity index (χ1) is 31.7. The highest BCUT2D eigenvalue weighted by molar-refractivity contribution is 6.12. The van der Waals surface area contributed by atoms with E-state index < -0.39 is 0 Å². The van der Waals surface area contributed by atoms with E-state index in [0.717, 1.165) is 105 Å². The Hall–Kier alpha value is -8.95. The van der Waals surface area contributed by atoms with E-state index >= 15 is 0 Å². The molecule has 9 nitrogen and oxygen atoms in total. The summed E-state index contributed by atoms with van der Waals surface area (Å²) in [5.74, 6) is 1.64. The van der Waals surface area contributed by atoms with E-state index in [1.54, 1.807) is 12.4 Å². The maximum absolute atomic E-state index is 5.27. The summed E-state index contributed by atoms with van der Waals surface area (Å²) in [6.45, 7) is 0. The Kier molecular flexibility index (Phi) is 8.93. The van der Waals surface area contributed by atoms with Crippen molar-refractivity contribution >= 4 is 43.6 Å². The molecule has 0 unspecified atom stereocenters. The second-order valence-corrected chi connectivity index (χ2v) is 15.5. The van der Waals surface area contributed by atoms with E-state index in [0.29, 0.717) is 17.5 Å². The fourth-order valence-electron chi connectivity index (χ4n) is 8.55. The molecule has 0 radical (unpaired) electrons. The van der Waals surface area contributed by atoms with Gasteiger partial charge in [-0.05, 0) is 111 Å². The summed E-state index contributed by atoms with van der Waals surface area (Å²) in [5, 5.41) is 3.98. The van der Waals surface area contributed by atoms with Crippen LogP contribution in [0.15, 0.2) is 201 Å². The van der Waals surface area contributed by atoms with Crippen molar-refractivity contribution in [2.75, 3.05) is 0 Å². The SMILES string of the molecule is c1cncc(-c2ccc(-c3nc(-c4ccc(-c5cccnc5)cc4)nc(-c4cc(-c5cc6cccnc6c6ncccc56)cc(-c5cc6cccnc6c6ncccc56)c4)n3)cc2)c1. The molecule has 298 valence electrons. The zero-order valence-corrected chi connectivity index (χ0v) is 34.1. The van der Waals surface area contributed by atoms with Crippen molar-refractivity contribution in [2.45, 2.75) is 0 Å². The van der Waals surface area contributed by atoms with Gasteiger partial charge in [0.2, 0.25) is 0 Å². The lowest BCUT2D eigenvalue weighted by Gasteiger charge is -2.16. The summed E-state index contributed by atoms with van der Waals surface area (Å²) in [6.07, 6.45) is 14.6. The van der Waals surface area contributed by atoms with Gasteiger partial charge in [-0.1, -0.05) is 84.9 Å². The number of hydrogen-bond donors (Lipinski definition) is 0. The number of pyridine rings is 6. The number of nitrogens with zero attached hydrogens (tertiary/aromatic N) is 9. The van der Waals surface area contributed by atoms with E-state index in [2.05, 4.69) is 125 Å². The van der Waals surface area contributed by atoms with E-state index in [-0.39, 0.29) is 0 Å². The topological polar surface area (TPSA) is 116 Å². The van der Waals surface area contributed by atoms with Gasteiger partial charge in [-0.2, -0.15) is 0 Å². The lowest BCUT2D eigenvalue weighted by molar-refractivity contribution is 1.07. The first-order valence-electron chi connectivity index (χ1n) is 20.9. The lowest BCUT2D eigenvalue weighted by atomic mass is 9.91. The molecule has 0 aliphatic rings. The van der Waals surface area contributed by atoms with Gasteiger partial charge in [0, 0.05) is 87.8 Å². The molecule has 12 aromatic rings. The van der Waals surface area contributed by atoms with Crippen LogP contribution in [0.5, 0.6) is 0 Å². The molecule has 0 spiro atoms. The third-order valence-corrected chi connectivity index (χ3v) is 11.6. The van der Waals surface area contributed by atoms with Crippen molar-refractivity contribution in [1.29, 1.82) is 0 Å². The summed E-state index contributed by atoms with van der Waals surface area (Å²) in [5.41, 5.74) is 14.1. The van der Waals surface area contributed by atoms with Crippen molar-refractivity contribution in [1.82, 2.24) is 44.9 Å². The Balaban J connectivity index is 1.10. The largest absolute Gasteiger partial charge is 0.264 e. The molecule has 0 N–H and O–H groups in total. The second-order valence-electron chi connectivity index (χ2n) is 15.5. The molecule has 0 aliphatic carbocycles. The normalized spacial score (nSPS) is 11.4. The molecule has 64 heavy (non-hydrogen) atoms. The number of benzene rings is 5. The first kappa shape index (κ1) is 36.9. The van der Waals surface area contributed by atoms with Gasteiger partial charge in [-0.15, -0.1) is 0 Å². The highest BCUT2D eigenvalue weighted by Crippen LogP contribution is 2.41. The van der Waals surface area contributed by atoms with Crippen LogP contribution in [0.3, 0.4) is 0 Å². The number of aromatic nitrogens is 9. The maximum atomic E-state index is 5.27. The van der Waals surface area contributed by atoms with Crippen LogP contribution in [0.2, 0.25) is 0 Å². The monoisotopic (exact) mass is 819 g/mol. The molecule has 0 atom stereocenters. The fourth-order valence-corrected chi connectivity index (χ4v) is 8.55. The maximum Gasteiger partial charge on any atom is 0.164 e. The minimum absolute atomic E-state index is 0.533. The predicted molar refractivity (Wildman–Crippen MR) is 255 cm³/mol. The molecule has 0 aliphatic heterocycles. The molecule has 0 saturated carbocycles. The summed E-state index contributed by atoms with van der Waals surface area (Å²) in [7, 11) is 0. The molecule has 5 aromatic carbocycles. The Bertz CT molecular complexity index is 3470. The predicted octanol–water partition coefficient (Wildman–Crippen LogP) is 12.5. The lowest BCUT2D eigenvalue weighted by Crippen LogP contribution is -2.01. The van der Waals surface area contributed by atoms with Crippen molar-refractivity contribution in [2.24, 2.45) is 0 Å². The molecule has 7 heterocycles. The minimum atomic E-state index is 0.533. The quantitative estimate of drug-likeness (QED) is 0.145. The van der Waals surface area contributed by atoms with Gasteiger partial charge in [-0.3, -0.25) is 29.9 Å². The van der Waals surface area contributed by atoms with Gasteiger partial charge in [-0.25, -0.2) is 15.0 Å². The highest BCUT2D eigenvalue weighted by Gasteiger charge is 2.19. The van der Waals surface area contributed by atoms with Gasteiger partial charge in [0.15, 0.2) is 17.5 Å². The van der Waals surface area contributed by atoms with Gasteiger partial charge in [0.05, 0.1) is 22.1 Å². The van der Waals surface area contributed by atoms with E-state index in [1.165, 1.54) is 0 Å². The molecular formula is C55H33N9. The van der Waals surface area contributed by atoms with Gasteiger partial charge < -0.3 is 0 Å². The smallest absolute Gasteiger partial charge is 0.164 e. The molecule has 0 saturated heterocycles. The Labute approximate surface area is 367 Å². The van der Waals surface area contributed by atoms with Crippen LogP contribution in [0.4, 0.5) is 0 Å². The van der Waals surface area contributed by atoms with E-state index in [4.69, 9.17) is 34.9 Å². The standard InChI is InChI=1S/C55H33N9/c1-9-40(32-56-21-1)34-13-17-36(18-14-34)53-62-54(37-19-15-35(16-20-37)41-10-2-22-57-33-41)64-55(63-53)44-28-42(47-30-38-7-3-23-58-49(38)51-45(47)11-5-25-60-51)27-43(29-44)48-31-39-8-4-24-59-50(39)52-46(48)12-6-26-61-52/h1-33H. The number of rotatable bonds is 7. The van der Waals surface area contributed by atoms with Crippen LogP contribution in [0, 0.1) is 0 Å².